The largest absolute Gasteiger partial charge is 0.404 e. The highest BCUT2D eigenvalue weighted by molar-refractivity contribution is 5.03. The van der Waals surface area contributed by atoms with Gasteiger partial charge in [0.15, 0.2) is 0 Å². The van der Waals surface area contributed by atoms with E-state index in [9.17, 15) is 13.2 Å². The van der Waals surface area contributed by atoms with E-state index >= 15 is 0 Å². The fourth-order valence-electron chi connectivity index (χ4n) is 2.56. The molecule has 1 aromatic heterocycles. The number of halogens is 3. The Labute approximate surface area is 104 Å². The topological polar surface area (TPSA) is 38.1 Å². The SMILES string of the molecule is Cc1cc(CN[C@H](C2CCCC2)C(F)(F)F)no1. The zero-order valence-electron chi connectivity index (χ0n) is 10.3. The summed E-state index contributed by atoms with van der Waals surface area (Å²) < 4.78 is 43.8. The molecule has 0 spiro atoms. The van der Waals surface area contributed by atoms with Crippen molar-refractivity contribution in [1.82, 2.24) is 10.5 Å². The van der Waals surface area contributed by atoms with Crippen LogP contribution in [-0.4, -0.2) is 17.4 Å². The fourth-order valence-corrected chi connectivity index (χ4v) is 2.56. The maximum absolute atomic E-state index is 13.0. The van der Waals surface area contributed by atoms with Gasteiger partial charge in [-0.3, -0.25) is 0 Å². The fraction of sp³-hybridized carbons (Fsp3) is 0.750. The first-order valence-electron chi connectivity index (χ1n) is 6.19. The van der Waals surface area contributed by atoms with Crippen molar-refractivity contribution in [3.05, 3.63) is 17.5 Å². The van der Waals surface area contributed by atoms with Gasteiger partial charge in [-0.2, -0.15) is 13.2 Å². The van der Waals surface area contributed by atoms with E-state index < -0.39 is 12.2 Å². The van der Waals surface area contributed by atoms with Gasteiger partial charge in [-0.15, -0.1) is 0 Å². The molecule has 1 saturated carbocycles. The minimum Gasteiger partial charge on any atom is -0.361 e. The van der Waals surface area contributed by atoms with Crippen molar-refractivity contribution in [3.8, 4) is 0 Å². The molecule has 1 fully saturated rings. The number of aryl methyl sites for hydroxylation is 1. The first kappa shape index (κ1) is 13.4. The second kappa shape index (κ2) is 5.30. The van der Waals surface area contributed by atoms with Crippen LogP contribution in [0.15, 0.2) is 10.6 Å². The number of nitrogens with zero attached hydrogens (tertiary/aromatic N) is 1. The molecule has 3 nitrogen and oxygen atoms in total. The summed E-state index contributed by atoms with van der Waals surface area (Å²) in [4.78, 5) is 0. The molecule has 1 aliphatic rings. The molecule has 1 atom stereocenters. The van der Waals surface area contributed by atoms with E-state index in [1.807, 2.05) is 0 Å². The quantitative estimate of drug-likeness (QED) is 0.905. The predicted molar refractivity (Wildman–Crippen MR) is 59.9 cm³/mol. The Bertz CT molecular complexity index is 383. The van der Waals surface area contributed by atoms with E-state index in [1.54, 1.807) is 13.0 Å². The van der Waals surface area contributed by atoms with Gasteiger partial charge in [-0.25, -0.2) is 0 Å². The number of alkyl halides is 3. The molecule has 1 aliphatic carbocycles. The summed E-state index contributed by atoms with van der Waals surface area (Å²) in [5.41, 5.74) is 0.514. The number of rotatable bonds is 4. The summed E-state index contributed by atoms with van der Waals surface area (Å²) in [5.74, 6) is 0.300. The Balaban J connectivity index is 1.97. The van der Waals surface area contributed by atoms with Crippen LogP contribution in [0.1, 0.15) is 37.1 Å². The standard InChI is InChI=1S/C12H17F3N2O/c1-8-6-10(17-18-8)7-16-11(12(13,14)15)9-4-2-3-5-9/h6,9,11,16H,2-5,7H2,1H3/t11-/m1/s1. The van der Waals surface area contributed by atoms with Crippen molar-refractivity contribution in [2.24, 2.45) is 5.92 Å². The van der Waals surface area contributed by atoms with Gasteiger partial charge in [-0.05, 0) is 25.7 Å². The summed E-state index contributed by atoms with van der Waals surface area (Å²) in [6, 6.07) is 0.215. The summed E-state index contributed by atoms with van der Waals surface area (Å²) in [6.45, 7) is 1.81. The van der Waals surface area contributed by atoms with Crippen LogP contribution >= 0.6 is 0 Å². The summed E-state index contributed by atoms with van der Waals surface area (Å²) in [6.07, 6.45) is -1.12. The van der Waals surface area contributed by atoms with Gasteiger partial charge in [0, 0.05) is 12.6 Å². The Morgan fingerprint density at radius 3 is 2.61 bits per heavy atom. The van der Waals surface area contributed by atoms with Gasteiger partial charge in [0.25, 0.3) is 0 Å². The molecule has 0 aromatic carbocycles. The van der Waals surface area contributed by atoms with E-state index in [1.165, 1.54) is 0 Å². The van der Waals surface area contributed by atoms with E-state index in [2.05, 4.69) is 10.5 Å². The molecule has 18 heavy (non-hydrogen) atoms. The third-order valence-corrected chi connectivity index (χ3v) is 3.40. The molecule has 102 valence electrons. The number of hydrogen-bond donors (Lipinski definition) is 1. The summed E-state index contributed by atoms with van der Waals surface area (Å²) in [5, 5.41) is 6.28. The second-order valence-corrected chi connectivity index (χ2v) is 4.87. The van der Waals surface area contributed by atoms with Crippen LogP contribution in [0, 0.1) is 12.8 Å². The normalized spacial score (nSPS) is 19.3. The Hall–Kier alpha value is -1.04. The summed E-state index contributed by atoms with van der Waals surface area (Å²) in [7, 11) is 0. The average molecular weight is 262 g/mol. The van der Waals surface area contributed by atoms with E-state index in [4.69, 9.17) is 4.52 Å². The molecule has 0 unspecified atom stereocenters. The third kappa shape index (κ3) is 3.25. The third-order valence-electron chi connectivity index (χ3n) is 3.40. The molecule has 6 heteroatoms. The maximum atomic E-state index is 13.0. The van der Waals surface area contributed by atoms with Gasteiger partial charge in [-0.1, -0.05) is 18.0 Å². The van der Waals surface area contributed by atoms with Crippen LogP contribution < -0.4 is 5.32 Å². The van der Waals surface area contributed by atoms with Crippen molar-refractivity contribution in [3.63, 3.8) is 0 Å². The molecule has 1 N–H and O–H groups in total. The van der Waals surface area contributed by atoms with Gasteiger partial charge >= 0.3 is 6.18 Å². The van der Waals surface area contributed by atoms with Crippen molar-refractivity contribution in [1.29, 1.82) is 0 Å². The number of hydrogen-bond acceptors (Lipinski definition) is 3. The van der Waals surface area contributed by atoms with Crippen LogP contribution in [0.2, 0.25) is 0 Å². The molecule has 0 radical (unpaired) electrons. The molecule has 0 aliphatic heterocycles. The average Bonchev–Trinajstić information content (AvgIpc) is 2.88. The maximum Gasteiger partial charge on any atom is 0.404 e. The first-order chi connectivity index (χ1) is 8.47. The zero-order valence-corrected chi connectivity index (χ0v) is 10.3. The minimum absolute atomic E-state index is 0.0953. The van der Waals surface area contributed by atoms with Crippen molar-refractivity contribution in [2.45, 2.75) is 51.4 Å². The van der Waals surface area contributed by atoms with Crippen LogP contribution in [0.25, 0.3) is 0 Å². The lowest BCUT2D eigenvalue weighted by Crippen LogP contribution is -2.46. The molecular formula is C12H17F3N2O. The van der Waals surface area contributed by atoms with Crippen LogP contribution in [-0.2, 0) is 6.54 Å². The van der Waals surface area contributed by atoms with Gasteiger partial charge in [0.1, 0.15) is 11.8 Å². The lowest BCUT2D eigenvalue weighted by molar-refractivity contribution is -0.168. The molecule has 0 amide bonds. The number of aromatic nitrogens is 1. The Morgan fingerprint density at radius 1 is 1.44 bits per heavy atom. The molecule has 0 bridgehead atoms. The highest BCUT2D eigenvalue weighted by atomic mass is 19.4. The van der Waals surface area contributed by atoms with Crippen molar-refractivity contribution in [2.75, 3.05) is 0 Å². The minimum atomic E-state index is -4.20. The highest BCUT2D eigenvalue weighted by Crippen LogP contribution is 2.35. The van der Waals surface area contributed by atoms with Gasteiger partial charge < -0.3 is 9.84 Å². The molecule has 2 rings (SSSR count). The lowest BCUT2D eigenvalue weighted by Gasteiger charge is -2.26. The van der Waals surface area contributed by atoms with Crippen LogP contribution in [0.5, 0.6) is 0 Å². The highest BCUT2D eigenvalue weighted by Gasteiger charge is 2.44. The molecular weight excluding hydrogens is 245 g/mol. The Kier molecular flexibility index (Phi) is 3.94. The van der Waals surface area contributed by atoms with Crippen molar-refractivity contribution < 1.29 is 17.7 Å². The number of nitrogens with one attached hydrogen (secondary N) is 1. The van der Waals surface area contributed by atoms with Crippen LogP contribution in [0.4, 0.5) is 13.2 Å². The van der Waals surface area contributed by atoms with Gasteiger partial charge in [0.05, 0.1) is 5.69 Å². The smallest absolute Gasteiger partial charge is 0.361 e. The molecule has 1 aromatic rings. The Morgan fingerprint density at radius 2 is 2.11 bits per heavy atom. The first-order valence-corrected chi connectivity index (χ1v) is 6.19. The lowest BCUT2D eigenvalue weighted by atomic mass is 9.97. The second-order valence-electron chi connectivity index (χ2n) is 4.87. The molecule has 1 heterocycles. The van der Waals surface area contributed by atoms with Gasteiger partial charge in [0.2, 0.25) is 0 Å². The summed E-state index contributed by atoms with van der Waals surface area (Å²) >= 11 is 0. The van der Waals surface area contributed by atoms with Crippen molar-refractivity contribution >= 4 is 0 Å². The van der Waals surface area contributed by atoms with E-state index in [-0.39, 0.29) is 12.5 Å². The molecule has 0 saturated heterocycles. The van der Waals surface area contributed by atoms with Crippen LogP contribution in [0.3, 0.4) is 0 Å². The monoisotopic (exact) mass is 262 g/mol. The predicted octanol–water partition coefficient (Wildman–Crippen LogP) is 3.19. The van der Waals surface area contributed by atoms with E-state index in [0.717, 1.165) is 12.8 Å². The van der Waals surface area contributed by atoms with E-state index in [0.29, 0.717) is 24.3 Å². The zero-order chi connectivity index (χ0) is 13.2.